The summed E-state index contributed by atoms with van der Waals surface area (Å²) in [6.45, 7) is 3.73. The van der Waals surface area contributed by atoms with Crippen LogP contribution in [-0.2, 0) is 6.42 Å². The minimum Gasteiger partial charge on any atom is -0.494 e. The molecular weight excluding hydrogens is 578 g/mol. The molecule has 0 aliphatic rings. The highest BCUT2D eigenvalue weighted by Crippen LogP contribution is 2.24. The number of benzene rings is 3. The molecule has 0 saturated carbocycles. The third-order valence-corrected chi connectivity index (χ3v) is 8.66. The maximum absolute atomic E-state index is 8.97. The number of ether oxygens (including phenoxy) is 2. The number of aromatic nitrogens is 2. The van der Waals surface area contributed by atoms with Gasteiger partial charge < -0.3 is 9.47 Å². The van der Waals surface area contributed by atoms with Gasteiger partial charge in [0.25, 0.3) is 0 Å². The quantitative estimate of drug-likeness (QED) is 0.0762. The van der Waals surface area contributed by atoms with E-state index in [9.17, 15) is 0 Å². The SMILES string of the molecule is CCCCCCCCCCCCc1cnc(-c2ccc(OCCCCCCCOc3ccc(-c4ccc(C#N)cc4)cc3)cc2)nc1. The Morgan fingerprint density at radius 3 is 1.43 bits per heavy atom. The van der Waals surface area contributed by atoms with E-state index in [1.54, 1.807) is 0 Å². The Bertz CT molecular complexity index is 1430. The van der Waals surface area contributed by atoms with Crippen molar-refractivity contribution in [2.24, 2.45) is 0 Å². The van der Waals surface area contributed by atoms with Gasteiger partial charge in [0.1, 0.15) is 11.5 Å². The Morgan fingerprint density at radius 2 is 0.936 bits per heavy atom. The highest BCUT2D eigenvalue weighted by Gasteiger charge is 2.04. The summed E-state index contributed by atoms with van der Waals surface area (Å²) >= 11 is 0. The second-order valence-corrected chi connectivity index (χ2v) is 12.5. The van der Waals surface area contributed by atoms with Gasteiger partial charge in [0.2, 0.25) is 0 Å². The minimum absolute atomic E-state index is 0.674. The van der Waals surface area contributed by atoms with Crippen molar-refractivity contribution in [3.63, 3.8) is 0 Å². The van der Waals surface area contributed by atoms with Crippen LogP contribution in [0.4, 0.5) is 0 Å². The lowest BCUT2D eigenvalue weighted by atomic mass is 10.0. The Morgan fingerprint density at radius 1 is 0.511 bits per heavy atom. The number of unbranched alkanes of at least 4 members (excludes halogenated alkanes) is 13. The van der Waals surface area contributed by atoms with Gasteiger partial charge in [0.15, 0.2) is 5.82 Å². The second-order valence-electron chi connectivity index (χ2n) is 12.5. The monoisotopic (exact) mass is 631 g/mol. The fourth-order valence-electron chi connectivity index (χ4n) is 5.75. The Balaban J connectivity index is 1.00. The van der Waals surface area contributed by atoms with Gasteiger partial charge in [-0.15, -0.1) is 0 Å². The number of hydrogen-bond acceptors (Lipinski definition) is 5. The van der Waals surface area contributed by atoms with Gasteiger partial charge in [-0.1, -0.05) is 108 Å². The molecule has 0 N–H and O–H groups in total. The molecular formula is C42H53N3O2. The zero-order valence-corrected chi connectivity index (χ0v) is 28.5. The van der Waals surface area contributed by atoms with Crippen LogP contribution < -0.4 is 9.47 Å². The molecule has 0 unspecified atom stereocenters. The average molecular weight is 632 g/mol. The Labute approximate surface area is 283 Å². The third-order valence-electron chi connectivity index (χ3n) is 8.66. The van der Waals surface area contributed by atoms with Crippen molar-refractivity contribution in [3.8, 4) is 40.1 Å². The minimum atomic E-state index is 0.674. The summed E-state index contributed by atoms with van der Waals surface area (Å²) in [5, 5.41) is 8.97. The zero-order valence-electron chi connectivity index (χ0n) is 28.5. The number of nitrogens with zero attached hydrogens (tertiary/aromatic N) is 3. The Kier molecular flexibility index (Phi) is 16.4. The van der Waals surface area contributed by atoms with Crippen LogP contribution in [-0.4, -0.2) is 23.2 Å². The lowest BCUT2D eigenvalue weighted by molar-refractivity contribution is 0.293. The molecule has 0 saturated heterocycles. The lowest BCUT2D eigenvalue weighted by Crippen LogP contribution is -1.99. The molecule has 0 aliphatic heterocycles. The van der Waals surface area contributed by atoms with Crippen LogP contribution in [0.25, 0.3) is 22.5 Å². The van der Waals surface area contributed by atoms with Gasteiger partial charge >= 0.3 is 0 Å². The fraction of sp³-hybridized carbons (Fsp3) is 0.452. The first-order chi connectivity index (χ1) is 23.2. The van der Waals surface area contributed by atoms with E-state index in [1.165, 1.54) is 76.2 Å². The van der Waals surface area contributed by atoms with Crippen LogP contribution in [0.5, 0.6) is 11.5 Å². The van der Waals surface area contributed by atoms with Gasteiger partial charge in [-0.05, 0) is 90.9 Å². The molecule has 0 radical (unpaired) electrons. The summed E-state index contributed by atoms with van der Waals surface area (Å²) in [7, 11) is 0. The van der Waals surface area contributed by atoms with Gasteiger partial charge in [-0.3, -0.25) is 0 Å². The van der Waals surface area contributed by atoms with Gasteiger partial charge in [0.05, 0.1) is 24.8 Å². The van der Waals surface area contributed by atoms with Crippen molar-refractivity contribution in [2.75, 3.05) is 13.2 Å². The molecule has 0 amide bonds. The summed E-state index contributed by atoms with van der Waals surface area (Å²) in [4.78, 5) is 9.25. The van der Waals surface area contributed by atoms with E-state index < -0.39 is 0 Å². The van der Waals surface area contributed by atoms with Crippen LogP contribution in [0.1, 0.15) is 114 Å². The maximum Gasteiger partial charge on any atom is 0.159 e. The highest BCUT2D eigenvalue weighted by molar-refractivity contribution is 5.65. The van der Waals surface area contributed by atoms with Crippen LogP contribution >= 0.6 is 0 Å². The Hall–Kier alpha value is -4.17. The van der Waals surface area contributed by atoms with Crippen molar-refractivity contribution >= 4 is 0 Å². The molecule has 3 aromatic carbocycles. The fourth-order valence-corrected chi connectivity index (χ4v) is 5.75. The van der Waals surface area contributed by atoms with Crippen molar-refractivity contribution in [1.29, 1.82) is 5.26 Å². The topological polar surface area (TPSA) is 68.0 Å². The predicted octanol–water partition coefficient (Wildman–Crippen LogP) is 11.6. The molecule has 1 heterocycles. The second kappa shape index (κ2) is 21.6. The van der Waals surface area contributed by atoms with Crippen LogP contribution in [0.15, 0.2) is 85.2 Å². The van der Waals surface area contributed by atoms with Crippen LogP contribution in [0, 0.1) is 11.3 Å². The maximum atomic E-state index is 8.97. The normalized spacial score (nSPS) is 10.9. The number of nitriles is 1. The average Bonchev–Trinajstić information content (AvgIpc) is 3.12. The lowest BCUT2D eigenvalue weighted by Gasteiger charge is -2.09. The first-order valence-corrected chi connectivity index (χ1v) is 18.0. The van der Waals surface area contributed by atoms with Crippen LogP contribution in [0.3, 0.4) is 0 Å². The first kappa shape index (κ1) is 35.7. The molecule has 0 aliphatic carbocycles. The first-order valence-electron chi connectivity index (χ1n) is 18.0. The molecule has 4 rings (SSSR count). The van der Waals surface area contributed by atoms with E-state index in [0.717, 1.165) is 79.3 Å². The van der Waals surface area contributed by atoms with Crippen molar-refractivity contribution < 1.29 is 9.47 Å². The molecule has 1 aromatic heterocycles. The van der Waals surface area contributed by atoms with Crippen LogP contribution in [0.2, 0.25) is 0 Å². The third kappa shape index (κ3) is 13.6. The summed E-state index contributed by atoms with van der Waals surface area (Å²) in [6, 6.07) is 26.1. The molecule has 4 aromatic rings. The van der Waals surface area contributed by atoms with Gasteiger partial charge in [-0.2, -0.15) is 5.26 Å². The molecule has 0 fully saturated rings. The standard InChI is InChI=1S/C42H53N3O2/c1-2-3-4-5-6-7-8-9-11-14-17-36-33-44-42(45-34-36)39-24-28-41(29-25-39)47-31-16-13-10-12-15-30-46-40-26-22-38(23-27-40)37-20-18-35(32-43)19-21-37/h18-29,33-34H,2-17,30-31H2,1H3. The van der Waals surface area contributed by atoms with Crippen molar-refractivity contribution in [2.45, 2.75) is 110 Å². The smallest absolute Gasteiger partial charge is 0.159 e. The molecule has 0 bridgehead atoms. The molecule has 5 nitrogen and oxygen atoms in total. The molecule has 47 heavy (non-hydrogen) atoms. The van der Waals surface area contributed by atoms with E-state index in [-0.39, 0.29) is 0 Å². The largest absolute Gasteiger partial charge is 0.494 e. The van der Waals surface area contributed by atoms with E-state index >= 15 is 0 Å². The van der Waals surface area contributed by atoms with E-state index in [1.807, 2.05) is 73.1 Å². The summed E-state index contributed by atoms with van der Waals surface area (Å²) in [5.74, 6) is 2.56. The summed E-state index contributed by atoms with van der Waals surface area (Å²) in [6.07, 6.45) is 24.2. The van der Waals surface area contributed by atoms with Gasteiger partial charge in [-0.25, -0.2) is 9.97 Å². The zero-order chi connectivity index (χ0) is 32.8. The van der Waals surface area contributed by atoms with E-state index in [4.69, 9.17) is 14.7 Å². The number of rotatable bonds is 23. The molecule has 0 spiro atoms. The van der Waals surface area contributed by atoms with E-state index in [2.05, 4.69) is 35.1 Å². The predicted molar refractivity (Wildman–Crippen MR) is 194 cm³/mol. The highest BCUT2D eigenvalue weighted by atomic mass is 16.5. The van der Waals surface area contributed by atoms with Crippen molar-refractivity contribution in [1.82, 2.24) is 9.97 Å². The number of aryl methyl sites for hydroxylation is 1. The molecule has 5 heteroatoms. The number of hydrogen-bond donors (Lipinski definition) is 0. The van der Waals surface area contributed by atoms with Crippen molar-refractivity contribution in [3.05, 3.63) is 96.3 Å². The summed E-state index contributed by atoms with van der Waals surface area (Å²) < 4.78 is 11.9. The molecule has 248 valence electrons. The molecule has 0 atom stereocenters. The summed E-state index contributed by atoms with van der Waals surface area (Å²) in [5.41, 5.74) is 5.14. The van der Waals surface area contributed by atoms with Gasteiger partial charge in [0, 0.05) is 18.0 Å². The van der Waals surface area contributed by atoms with E-state index in [0.29, 0.717) is 5.56 Å².